The fourth-order valence-electron chi connectivity index (χ4n) is 2.19. The van der Waals surface area contributed by atoms with Crippen molar-refractivity contribution in [1.29, 1.82) is 0 Å². The van der Waals surface area contributed by atoms with E-state index in [9.17, 15) is 0 Å². The van der Waals surface area contributed by atoms with E-state index in [1.807, 2.05) is 11.3 Å². The third-order valence-corrected chi connectivity index (χ3v) is 4.32. The Labute approximate surface area is 96.1 Å². The molecule has 2 N–H and O–H groups in total. The van der Waals surface area contributed by atoms with Crippen molar-refractivity contribution in [3.8, 4) is 0 Å². The summed E-state index contributed by atoms with van der Waals surface area (Å²) >= 11 is 1.84. The molecular weight excluding hydrogens is 204 g/mol. The fraction of sp³-hybridized carbons (Fsp3) is 0.667. The molecule has 1 aliphatic carbocycles. The molecule has 0 aliphatic heterocycles. The van der Waals surface area contributed by atoms with Crippen LogP contribution in [0.25, 0.3) is 0 Å². The first kappa shape index (κ1) is 11.1. The summed E-state index contributed by atoms with van der Waals surface area (Å²) in [5.74, 6) is 0. The van der Waals surface area contributed by atoms with Crippen LogP contribution in [0.2, 0.25) is 0 Å². The third-order valence-electron chi connectivity index (χ3n) is 3.23. The Morgan fingerprint density at radius 1 is 1.53 bits per heavy atom. The van der Waals surface area contributed by atoms with Crippen molar-refractivity contribution in [2.45, 2.75) is 44.8 Å². The van der Waals surface area contributed by atoms with Crippen LogP contribution in [0.5, 0.6) is 0 Å². The summed E-state index contributed by atoms with van der Waals surface area (Å²) in [7, 11) is 2.21. The summed E-state index contributed by atoms with van der Waals surface area (Å²) in [5, 5.41) is 2.17. The highest BCUT2D eigenvalue weighted by Crippen LogP contribution is 2.37. The van der Waals surface area contributed by atoms with Gasteiger partial charge in [-0.15, -0.1) is 11.3 Å². The molecule has 84 valence electrons. The zero-order valence-electron chi connectivity index (χ0n) is 9.73. The summed E-state index contributed by atoms with van der Waals surface area (Å²) < 4.78 is 0. The van der Waals surface area contributed by atoms with Gasteiger partial charge >= 0.3 is 0 Å². The molecular formula is C12H20N2S. The zero-order valence-corrected chi connectivity index (χ0v) is 10.6. The fourth-order valence-corrected chi connectivity index (χ4v) is 3.38. The van der Waals surface area contributed by atoms with Gasteiger partial charge in [0.1, 0.15) is 0 Å². The van der Waals surface area contributed by atoms with Gasteiger partial charge in [-0.05, 0) is 50.7 Å². The Kier molecular flexibility index (Phi) is 3.14. The first-order valence-corrected chi connectivity index (χ1v) is 6.50. The topological polar surface area (TPSA) is 29.3 Å². The second kappa shape index (κ2) is 4.24. The van der Waals surface area contributed by atoms with E-state index in [1.54, 1.807) is 0 Å². The van der Waals surface area contributed by atoms with Gasteiger partial charge in [0.15, 0.2) is 0 Å². The Morgan fingerprint density at radius 2 is 2.20 bits per heavy atom. The Hall–Kier alpha value is -0.380. The van der Waals surface area contributed by atoms with Crippen molar-refractivity contribution < 1.29 is 0 Å². The van der Waals surface area contributed by atoms with Crippen molar-refractivity contribution in [1.82, 2.24) is 4.90 Å². The van der Waals surface area contributed by atoms with Crippen molar-refractivity contribution in [2.75, 3.05) is 7.05 Å². The number of hydrogen-bond donors (Lipinski definition) is 1. The maximum Gasteiger partial charge on any atom is 0.0593 e. The minimum Gasteiger partial charge on any atom is -0.326 e. The van der Waals surface area contributed by atoms with Gasteiger partial charge in [-0.1, -0.05) is 0 Å². The van der Waals surface area contributed by atoms with Gasteiger partial charge in [0.2, 0.25) is 0 Å². The molecule has 1 aromatic rings. The number of aryl methyl sites for hydroxylation is 1. The predicted octanol–water partition coefficient (Wildman–Crippen LogP) is 2.54. The summed E-state index contributed by atoms with van der Waals surface area (Å²) in [5.41, 5.74) is 7.51. The molecule has 15 heavy (non-hydrogen) atoms. The average Bonchev–Trinajstić information content (AvgIpc) is 2.93. The lowest BCUT2D eigenvalue weighted by Crippen LogP contribution is -2.38. The molecule has 2 nitrogen and oxygen atoms in total. The molecule has 1 fully saturated rings. The third kappa shape index (κ3) is 2.25. The molecule has 1 aliphatic rings. The van der Waals surface area contributed by atoms with Crippen molar-refractivity contribution in [3.63, 3.8) is 0 Å². The molecule has 0 bridgehead atoms. The van der Waals surface area contributed by atoms with E-state index in [2.05, 4.69) is 37.2 Å². The first-order chi connectivity index (χ1) is 7.11. The number of thiophene rings is 1. The Morgan fingerprint density at radius 3 is 2.60 bits per heavy atom. The highest BCUT2D eigenvalue weighted by atomic mass is 32.1. The number of nitrogens with two attached hydrogens (primary N) is 1. The standard InChI is InChI=1S/C12H20N2S/c1-8-6-7-15-12(8)11(9(2)13)14(3)10-4-5-10/h6-7,9-11H,4-5,13H2,1-3H3. The molecule has 0 saturated heterocycles. The number of nitrogens with zero attached hydrogens (tertiary/aromatic N) is 1. The van der Waals surface area contributed by atoms with E-state index < -0.39 is 0 Å². The van der Waals surface area contributed by atoms with Gasteiger partial charge in [-0.3, -0.25) is 4.90 Å². The predicted molar refractivity (Wildman–Crippen MR) is 66.2 cm³/mol. The van der Waals surface area contributed by atoms with Crippen LogP contribution in [0, 0.1) is 6.92 Å². The van der Waals surface area contributed by atoms with Gasteiger partial charge in [0.25, 0.3) is 0 Å². The molecule has 0 spiro atoms. The lowest BCUT2D eigenvalue weighted by atomic mass is 10.0. The quantitative estimate of drug-likeness (QED) is 0.851. The average molecular weight is 224 g/mol. The largest absolute Gasteiger partial charge is 0.326 e. The molecule has 3 heteroatoms. The van der Waals surface area contributed by atoms with E-state index in [0.717, 1.165) is 6.04 Å². The molecule has 2 rings (SSSR count). The second-order valence-electron chi connectivity index (χ2n) is 4.67. The summed E-state index contributed by atoms with van der Waals surface area (Å²) in [6.07, 6.45) is 2.67. The SMILES string of the molecule is Cc1ccsc1C(C(C)N)N(C)C1CC1. The van der Waals surface area contributed by atoms with Crippen LogP contribution in [0.3, 0.4) is 0 Å². The Balaban J connectivity index is 2.22. The second-order valence-corrected chi connectivity index (χ2v) is 5.62. The van der Waals surface area contributed by atoms with Crippen molar-refractivity contribution in [2.24, 2.45) is 5.73 Å². The maximum atomic E-state index is 6.13. The first-order valence-electron chi connectivity index (χ1n) is 5.62. The van der Waals surface area contributed by atoms with Crippen LogP contribution in [0.4, 0.5) is 0 Å². The van der Waals surface area contributed by atoms with Crippen LogP contribution in [0.15, 0.2) is 11.4 Å². The van der Waals surface area contributed by atoms with Crippen molar-refractivity contribution >= 4 is 11.3 Å². The highest BCUT2D eigenvalue weighted by Gasteiger charge is 2.34. The Bertz CT molecular complexity index is 328. The molecule has 2 unspecified atom stereocenters. The van der Waals surface area contributed by atoms with Crippen LogP contribution in [-0.4, -0.2) is 24.0 Å². The normalized spacial score (nSPS) is 20.6. The van der Waals surface area contributed by atoms with Gasteiger partial charge in [0.05, 0.1) is 6.04 Å². The van der Waals surface area contributed by atoms with E-state index in [4.69, 9.17) is 5.73 Å². The lowest BCUT2D eigenvalue weighted by molar-refractivity contribution is 0.212. The monoisotopic (exact) mass is 224 g/mol. The van der Waals surface area contributed by atoms with E-state index in [0.29, 0.717) is 6.04 Å². The van der Waals surface area contributed by atoms with E-state index in [1.165, 1.54) is 23.3 Å². The van der Waals surface area contributed by atoms with Gasteiger partial charge in [-0.25, -0.2) is 0 Å². The van der Waals surface area contributed by atoms with Gasteiger partial charge in [-0.2, -0.15) is 0 Å². The van der Waals surface area contributed by atoms with Crippen LogP contribution in [0.1, 0.15) is 36.2 Å². The minimum absolute atomic E-state index is 0.202. The van der Waals surface area contributed by atoms with Crippen molar-refractivity contribution in [3.05, 3.63) is 21.9 Å². The molecule has 2 atom stereocenters. The molecule has 1 aromatic heterocycles. The number of hydrogen-bond acceptors (Lipinski definition) is 3. The summed E-state index contributed by atoms with van der Waals surface area (Å²) in [6, 6.07) is 3.56. The van der Waals surface area contributed by atoms with Crippen LogP contribution in [-0.2, 0) is 0 Å². The summed E-state index contributed by atoms with van der Waals surface area (Å²) in [4.78, 5) is 3.91. The van der Waals surface area contributed by atoms with Crippen LogP contribution >= 0.6 is 11.3 Å². The number of rotatable bonds is 4. The molecule has 1 saturated carbocycles. The van der Waals surface area contributed by atoms with Gasteiger partial charge < -0.3 is 5.73 Å². The minimum atomic E-state index is 0.202. The highest BCUT2D eigenvalue weighted by molar-refractivity contribution is 7.10. The summed E-state index contributed by atoms with van der Waals surface area (Å²) in [6.45, 7) is 4.30. The van der Waals surface area contributed by atoms with Gasteiger partial charge in [0, 0.05) is 17.0 Å². The molecule has 0 amide bonds. The number of likely N-dealkylation sites (N-methyl/N-ethyl adjacent to an activating group) is 1. The van der Waals surface area contributed by atoms with E-state index >= 15 is 0 Å². The zero-order chi connectivity index (χ0) is 11.0. The maximum absolute atomic E-state index is 6.13. The molecule has 0 aromatic carbocycles. The molecule has 1 heterocycles. The van der Waals surface area contributed by atoms with Crippen LogP contribution < -0.4 is 5.73 Å². The smallest absolute Gasteiger partial charge is 0.0593 e. The lowest BCUT2D eigenvalue weighted by Gasteiger charge is -2.31. The molecule has 0 radical (unpaired) electrons. The van der Waals surface area contributed by atoms with E-state index in [-0.39, 0.29) is 6.04 Å².